The van der Waals surface area contributed by atoms with E-state index in [-0.39, 0.29) is 11.8 Å². The Balaban J connectivity index is 1.41. The molecule has 5 heteroatoms. The van der Waals surface area contributed by atoms with Crippen molar-refractivity contribution in [3.05, 3.63) is 35.6 Å². The molecule has 0 bridgehead atoms. The summed E-state index contributed by atoms with van der Waals surface area (Å²) in [5, 5.41) is 3.00. The van der Waals surface area contributed by atoms with Crippen LogP contribution in [0.2, 0.25) is 0 Å². The fourth-order valence-corrected chi connectivity index (χ4v) is 3.68. The van der Waals surface area contributed by atoms with Crippen LogP contribution in [-0.4, -0.2) is 54.6 Å². The van der Waals surface area contributed by atoms with Gasteiger partial charge < -0.3 is 10.2 Å². The predicted molar refractivity (Wildman–Crippen MR) is 88.9 cm³/mol. The van der Waals surface area contributed by atoms with Gasteiger partial charge in [-0.1, -0.05) is 18.2 Å². The Labute approximate surface area is 137 Å². The third-order valence-corrected chi connectivity index (χ3v) is 4.95. The van der Waals surface area contributed by atoms with Gasteiger partial charge in [-0.05, 0) is 50.3 Å². The van der Waals surface area contributed by atoms with Gasteiger partial charge in [0.1, 0.15) is 5.82 Å². The zero-order chi connectivity index (χ0) is 16.1. The van der Waals surface area contributed by atoms with E-state index in [1.54, 1.807) is 12.1 Å². The highest BCUT2D eigenvalue weighted by atomic mass is 19.1. The van der Waals surface area contributed by atoms with Gasteiger partial charge in [0.2, 0.25) is 0 Å². The fourth-order valence-electron chi connectivity index (χ4n) is 3.68. The second-order valence-corrected chi connectivity index (χ2v) is 6.56. The molecule has 126 valence electrons. The van der Waals surface area contributed by atoms with Crippen LogP contribution in [0.1, 0.15) is 31.2 Å². The van der Waals surface area contributed by atoms with E-state index in [1.807, 2.05) is 11.0 Å². The summed E-state index contributed by atoms with van der Waals surface area (Å²) < 4.78 is 13.5. The summed E-state index contributed by atoms with van der Waals surface area (Å²) in [6.45, 7) is 4.58. The molecule has 2 saturated heterocycles. The van der Waals surface area contributed by atoms with Gasteiger partial charge >= 0.3 is 6.03 Å². The third kappa shape index (κ3) is 4.22. The molecule has 1 aromatic rings. The molecule has 3 rings (SSSR count). The minimum absolute atomic E-state index is 0.0345. The average molecular weight is 319 g/mol. The van der Waals surface area contributed by atoms with Gasteiger partial charge in [0.15, 0.2) is 0 Å². The van der Waals surface area contributed by atoms with Gasteiger partial charge in [0, 0.05) is 32.2 Å². The summed E-state index contributed by atoms with van der Waals surface area (Å²) in [5.74, 6) is -0.160. The Bertz CT molecular complexity index is 537. The zero-order valence-electron chi connectivity index (χ0n) is 13.6. The van der Waals surface area contributed by atoms with Gasteiger partial charge in [-0.15, -0.1) is 0 Å². The van der Waals surface area contributed by atoms with Crippen molar-refractivity contribution in [2.45, 2.75) is 38.1 Å². The second kappa shape index (κ2) is 7.77. The van der Waals surface area contributed by atoms with Crippen LogP contribution >= 0.6 is 0 Å². The average Bonchev–Trinajstić information content (AvgIpc) is 2.89. The van der Waals surface area contributed by atoms with Crippen LogP contribution in [0.5, 0.6) is 0 Å². The minimum atomic E-state index is -0.160. The lowest BCUT2D eigenvalue weighted by atomic mass is 10.1. The lowest BCUT2D eigenvalue weighted by Crippen LogP contribution is -2.44. The van der Waals surface area contributed by atoms with E-state index >= 15 is 0 Å². The number of nitrogens with zero attached hydrogens (tertiary/aromatic N) is 2. The van der Waals surface area contributed by atoms with E-state index < -0.39 is 0 Å². The van der Waals surface area contributed by atoms with E-state index in [0.29, 0.717) is 19.0 Å². The van der Waals surface area contributed by atoms with Crippen molar-refractivity contribution in [3.8, 4) is 0 Å². The third-order valence-electron chi connectivity index (χ3n) is 4.95. The Morgan fingerprint density at radius 1 is 1.22 bits per heavy atom. The number of hydrogen-bond donors (Lipinski definition) is 1. The lowest BCUT2D eigenvalue weighted by Gasteiger charge is -2.25. The van der Waals surface area contributed by atoms with E-state index in [9.17, 15) is 9.18 Å². The van der Waals surface area contributed by atoms with Crippen LogP contribution in [-0.2, 0) is 6.42 Å². The number of halogens is 1. The normalized spacial score (nSPS) is 21.8. The van der Waals surface area contributed by atoms with Gasteiger partial charge in [0.05, 0.1) is 0 Å². The molecule has 1 aromatic carbocycles. The SMILES string of the molecule is O=C(NCCCc1ccccc1F)N1CCCN2CCC[C@H]2C1. The maximum Gasteiger partial charge on any atom is 0.317 e. The first kappa shape index (κ1) is 16.2. The molecule has 0 spiro atoms. The van der Waals surface area contributed by atoms with E-state index in [4.69, 9.17) is 0 Å². The highest BCUT2D eigenvalue weighted by molar-refractivity contribution is 5.74. The lowest BCUT2D eigenvalue weighted by molar-refractivity contribution is 0.188. The Morgan fingerprint density at radius 3 is 2.91 bits per heavy atom. The predicted octanol–water partition coefficient (Wildman–Crippen LogP) is 2.64. The molecule has 2 aliphatic heterocycles. The van der Waals surface area contributed by atoms with E-state index in [0.717, 1.165) is 38.0 Å². The van der Waals surface area contributed by atoms with Crippen LogP contribution in [0.3, 0.4) is 0 Å². The fraction of sp³-hybridized carbons (Fsp3) is 0.611. The van der Waals surface area contributed by atoms with E-state index in [1.165, 1.54) is 25.5 Å². The first-order chi connectivity index (χ1) is 11.2. The number of urea groups is 1. The number of nitrogens with one attached hydrogen (secondary N) is 1. The van der Waals surface area contributed by atoms with Crippen LogP contribution in [0.15, 0.2) is 24.3 Å². The molecule has 0 aromatic heterocycles. The number of benzene rings is 1. The Morgan fingerprint density at radius 2 is 2.04 bits per heavy atom. The van der Waals surface area contributed by atoms with Crippen LogP contribution in [0.25, 0.3) is 0 Å². The number of aryl methyl sites for hydroxylation is 1. The smallest absolute Gasteiger partial charge is 0.317 e. The van der Waals surface area contributed by atoms with Crippen molar-refractivity contribution in [2.24, 2.45) is 0 Å². The maximum absolute atomic E-state index is 13.5. The molecular formula is C18H26FN3O. The summed E-state index contributed by atoms with van der Waals surface area (Å²) in [6.07, 6.45) is 4.93. The number of fused-ring (bicyclic) bond motifs is 1. The first-order valence-corrected chi connectivity index (χ1v) is 8.74. The molecule has 0 saturated carbocycles. The zero-order valence-corrected chi connectivity index (χ0v) is 13.6. The molecule has 0 aliphatic carbocycles. The van der Waals surface area contributed by atoms with Gasteiger partial charge in [-0.25, -0.2) is 9.18 Å². The summed E-state index contributed by atoms with van der Waals surface area (Å²) >= 11 is 0. The summed E-state index contributed by atoms with van der Waals surface area (Å²) in [6, 6.07) is 7.42. The quantitative estimate of drug-likeness (QED) is 0.866. The van der Waals surface area contributed by atoms with Gasteiger partial charge in [-0.2, -0.15) is 0 Å². The van der Waals surface area contributed by atoms with Crippen molar-refractivity contribution in [1.82, 2.24) is 15.1 Å². The molecule has 0 unspecified atom stereocenters. The second-order valence-electron chi connectivity index (χ2n) is 6.56. The number of amides is 2. The molecule has 2 amide bonds. The molecule has 1 atom stereocenters. The Hall–Kier alpha value is -1.62. The van der Waals surface area contributed by atoms with Crippen molar-refractivity contribution >= 4 is 6.03 Å². The molecule has 0 radical (unpaired) electrons. The summed E-state index contributed by atoms with van der Waals surface area (Å²) in [7, 11) is 0. The van der Waals surface area contributed by atoms with Crippen molar-refractivity contribution in [2.75, 3.05) is 32.7 Å². The van der Waals surface area contributed by atoms with Crippen molar-refractivity contribution in [3.63, 3.8) is 0 Å². The molecule has 2 aliphatic rings. The largest absolute Gasteiger partial charge is 0.338 e. The molecule has 4 nitrogen and oxygen atoms in total. The van der Waals surface area contributed by atoms with Gasteiger partial charge in [-0.3, -0.25) is 4.90 Å². The van der Waals surface area contributed by atoms with Crippen molar-refractivity contribution in [1.29, 1.82) is 0 Å². The number of rotatable bonds is 4. The van der Waals surface area contributed by atoms with Crippen molar-refractivity contribution < 1.29 is 9.18 Å². The van der Waals surface area contributed by atoms with Crippen LogP contribution in [0, 0.1) is 5.82 Å². The van der Waals surface area contributed by atoms with Gasteiger partial charge in [0.25, 0.3) is 0 Å². The molecular weight excluding hydrogens is 293 g/mol. The molecule has 2 heterocycles. The van der Waals surface area contributed by atoms with Crippen LogP contribution < -0.4 is 5.32 Å². The number of carbonyl (C=O) groups excluding carboxylic acids is 1. The molecule has 2 fully saturated rings. The first-order valence-electron chi connectivity index (χ1n) is 8.74. The summed E-state index contributed by atoms with van der Waals surface area (Å²) in [4.78, 5) is 16.8. The number of carbonyl (C=O) groups is 1. The minimum Gasteiger partial charge on any atom is -0.338 e. The topological polar surface area (TPSA) is 35.6 Å². The molecule has 1 N–H and O–H groups in total. The standard InChI is InChI=1S/C18H26FN3O/c19-17-9-2-1-6-15(17)7-3-10-20-18(23)22-13-5-12-21-11-4-8-16(21)14-22/h1-2,6,9,16H,3-5,7-8,10-14H2,(H,20,23)/t16-/m0/s1. The highest BCUT2D eigenvalue weighted by Gasteiger charge is 2.30. The maximum atomic E-state index is 13.5. The van der Waals surface area contributed by atoms with E-state index in [2.05, 4.69) is 10.2 Å². The number of hydrogen-bond acceptors (Lipinski definition) is 2. The van der Waals surface area contributed by atoms with Crippen LogP contribution in [0.4, 0.5) is 9.18 Å². The highest BCUT2D eigenvalue weighted by Crippen LogP contribution is 2.21. The summed E-state index contributed by atoms with van der Waals surface area (Å²) in [5.41, 5.74) is 0.720. The molecule has 23 heavy (non-hydrogen) atoms. The monoisotopic (exact) mass is 319 g/mol. The Kier molecular flexibility index (Phi) is 5.49.